The van der Waals surface area contributed by atoms with E-state index in [1.807, 2.05) is 11.0 Å². The van der Waals surface area contributed by atoms with Crippen molar-refractivity contribution in [1.82, 2.24) is 4.98 Å². The van der Waals surface area contributed by atoms with Crippen LogP contribution in [-0.2, 0) is 20.8 Å². The molecule has 3 heterocycles. The van der Waals surface area contributed by atoms with Crippen LogP contribution in [0.25, 0.3) is 0 Å². The number of pyridine rings is 1. The third-order valence-electron chi connectivity index (χ3n) is 6.94. The van der Waals surface area contributed by atoms with Crippen LogP contribution < -0.4 is 10.2 Å². The lowest BCUT2D eigenvalue weighted by atomic mass is 9.86. The van der Waals surface area contributed by atoms with E-state index in [0.717, 1.165) is 68.1 Å². The molecule has 1 amide bonds. The van der Waals surface area contributed by atoms with Crippen molar-refractivity contribution in [3.8, 4) is 0 Å². The maximum absolute atomic E-state index is 13.9. The van der Waals surface area contributed by atoms with Crippen LogP contribution in [0.1, 0.15) is 63.0 Å². The van der Waals surface area contributed by atoms with E-state index in [2.05, 4.69) is 48.4 Å². The van der Waals surface area contributed by atoms with Crippen LogP contribution >= 0.6 is 0 Å². The van der Waals surface area contributed by atoms with Gasteiger partial charge in [0.2, 0.25) is 5.91 Å². The van der Waals surface area contributed by atoms with Gasteiger partial charge in [-0.2, -0.15) is 0 Å². The minimum Gasteiger partial charge on any atom is -0.381 e. The number of rotatable bonds is 4. The van der Waals surface area contributed by atoms with Crippen molar-refractivity contribution >= 4 is 23.1 Å². The molecule has 2 fully saturated rings. The van der Waals surface area contributed by atoms with Crippen molar-refractivity contribution in [3.63, 3.8) is 0 Å². The zero-order valence-electron chi connectivity index (χ0n) is 19.0. The smallest absolute Gasteiger partial charge is 0.230 e. The van der Waals surface area contributed by atoms with Gasteiger partial charge in [0, 0.05) is 30.2 Å². The van der Waals surface area contributed by atoms with Gasteiger partial charge in [0.05, 0.1) is 36.7 Å². The Bertz CT molecular complexity index is 963. The van der Waals surface area contributed by atoms with Gasteiger partial charge in [-0.05, 0) is 69.7 Å². The fraction of sp³-hybridized carbons (Fsp3) is 0.538. The number of aromatic nitrogens is 1. The predicted octanol–water partition coefficient (Wildman–Crippen LogP) is 5.16. The lowest BCUT2D eigenvalue weighted by Gasteiger charge is -2.33. The maximum Gasteiger partial charge on any atom is 0.230 e. The Hall–Kier alpha value is -2.44. The van der Waals surface area contributed by atoms with Gasteiger partial charge in [-0.1, -0.05) is 12.1 Å². The summed E-state index contributed by atoms with van der Waals surface area (Å²) in [7, 11) is 0. The Morgan fingerprint density at radius 2 is 2.03 bits per heavy atom. The fourth-order valence-electron chi connectivity index (χ4n) is 5.24. The molecule has 5 rings (SSSR count). The number of nitrogens with one attached hydrogen (secondary N) is 1. The summed E-state index contributed by atoms with van der Waals surface area (Å²) in [4.78, 5) is 20.4. The van der Waals surface area contributed by atoms with Gasteiger partial charge >= 0.3 is 0 Å². The molecule has 170 valence electrons. The molecule has 0 bridgehead atoms. The molecule has 1 aromatic heterocycles. The van der Waals surface area contributed by atoms with Crippen molar-refractivity contribution in [1.29, 1.82) is 0 Å². The molecule has 0 radical (unpaired) electrons. The van der Waals surface area contributed by atoms with Crippen molar-refractivity contribution in [2.24, 2.45) is 5.92 Å². The summed E-state index contributed by atoms with van der Waals surface area (Å²) in [5, 5.41) is 3.48. The number of fused-ring (bicyclic) bond motifs is 2. The third kappa shape index (κ3) is 4.39. The number of nitrogens with zero attached hydrogens (tertiary/aromatic N) is 2. The Balaban J connectivity index is 1.44. The highest BCUT2D eigenvalue weighted by Crippen LogP contribution is 2.40. The summed E-state index contributed by atoms with van der Waals surface area (Å²) in [5.74, 6) is 1.47. The first-order chi connectivity index (χ1) is 15.6. The number of hydrogen-bond donors (Lipinski definition) is 1. The van der Waals surface area contributed by atoms with E-state index in [4.69, 9.17) is 9.47 Å². The summed E-state index contributed by atoms with van der Waals surface area (Å²) in [6.07, 6.45) is 6.99. The highest BCUT2D eigenvalue weighted by molar-refractivity contribution is 5.99. The number of benzene rings is 1. The van der Waals surface area contributed by atoms with Gasteiger partial charge in [0.1, 0.15) is 5.82 Å². The SMILES string of the molecule is CC(C)OC1CCC(C(=O)N2Cc3cccnc3Nc3ccc(C4CCOC4)cc32)CC1. The van der Waals surface area contributed by atoms with Gasteiger partial charge in [-0.3, -0.25) is 4.79 Å². The second kappa shape index (κ2) is 9.20. The van der Waals surface area contributed by atoms with E-state index < -0.39 is 0 Å². The van der Waals surface area contributed by atoms with Crippen LogP contribution in [0, 0.1) is 5.92 Å². The lowest BCUT2D eigenvalue weighted by Crippen LogP contribution is -2.38. The number of carbonyl (C=O) groups is 1. The average molecular weight is 436 g/mol. The molecule has 3 aliphatic rings. The van der Waals surface area contributed by atoms with Crippen molar-refractivity contribution in [2.45, 2.75) is 70.6 Å². The summed E-state index contributed by atoms with van der Waals surface area (Å²) in [6, 6.07) is 10.4. The molecule has 1 N–H and O–H groups in total. The van der Waals surface area contributed by atoms with Gasteiger partial charge in [-0.25, -0.2) is 4.98 Å². The molecule has 2 aromatic rings. The van der Waals surface area contributed by atoms with Crippen LogP contribution in [-0.4, -0.2) is 36.3 Å². The summed E-state index contributed by atoms with van der Waals surface area (Å²) >= 11 is 0. The monoisotopic (exact) mass is 435 g/mol. The third-order valence-corrected chi connectivity index (χ3v) is 6.94. The Morgan fingerprint density at radius 3 is 2.78 bits per heavy atom. The molecule has 0 spiro atoms. The van der Waals surface area contributed by atoms with E-state index in [0.29, 0.717) is 12.5 Å². The zero-order chi connectivity index (χ0) is 22.1. The lowest BCUT2D eigenvalue weighted by molar-refractivity contribution is -0.124. The summed E-state index contributed by atoms with van der Waals surface area (Å²) < 4.78 is 11.6. The number of anilines is 3. The molecule has 1 atom stereocenters. The van der Waals surface area contributed by atoms with Crippen LogP contribution in [0.4, 0.5) is 17.2 Å². The molecule has 6 heteroatoms. The second-order valence-electron chi connectivity index (χ2n) is 9.56. The topological polar surface area (TPSA) is 63.7 Å². The first-order valence-electron chi connectivity index (χ1n) is 12.0. The minimum absolute atomic E-state index is 0.0338. The van der Waals surface area contributed by atoms with Crippen molar-refractivity contribution < 1.29 is 14.3 Å². The number of amides is 1. The Morgan fingerprint density at radius 1 is 1.19 bits per heavy atom. The van der Waals surface area contributed by atoms with E-state index in [9.17, 15) is 4.79 Å². The first-order valence-corrected chi connectivity index (χ1v) is 12.0. The highest BCUT2D eigenvalue weighted by Gasteiger charge is 2.33. The second-order valence-corrected chi connectivity index (χ2v) is 9.56. The first kappa shape index (κ1) is 21.4. The zero-order valence-corrected chi connectivity index (χ0v) is 19.0. The van der Waals surface area contributed by atoms with Crippen LogP contribution in [0.15, 0.2) is 36.5 Å². The molecule has 1 aromatic carbocycles. The quantitative estimate of drug-likeness (QED) is 0.719. The van der Waals surface area contributed by atoms with Crippen LogP contribution in [0.2, 0.25) is 0 Å². The van der Waals surface area contributed by atoms with Crippen molar-refractivity contribution in [2.75, 3.05) is 23.4 Å². The largest absolute Gasteiger partial charge is 0.381 e. The Labute approximate surface area is 190 Å². The molecular weight excluding hydrogens is 402 g/mol. The molecule has 6 nitrogen and oxygen atoms in total. The fourth-order valence-corrected chi connectivity index (χ4v) is 5.24. The van der Waals surface area contributed by atoms with E-state index in [-0.39, 0.29) is 24.0 Å². The van der Waals surface area contributed by atoms with Gasteiger partial charge < -0.3 is 19.7 Å². The predicted molar refractivity (Wildman–Crippen MR) is 125 cm³/mol. The highest BCUT2D eigenvalue weighted by atomic mass is 16.5. The number of hydrogen-bond acceptors (Lipinski definition) is 5. The molecule has 1 saturated carbocycles. The molecule has 2 aliphatic heterocycles. The van der Waals surface area contributed by atoms with Gasteiger partial charge in [0.25, 0.3) is 0 Å². The molecule has 1 aliphatic carbocycles. The van der Waals surface area contributed by atoms with Crippen LogP contribution in [0.5, 0.6) is 0 Å². The number of ether oxygens (including phenoxy) is 2. The molecule has 32 heavy (non-hydrogen) atoms. The van der Waals surface area contributed by atoms with Crippen LogP contribution in [0.3, 0.4) is 0 Å². The van der Waals surface area contributed by atoms with Gasteiger partial charge in [-0.15, -0.1) is 0 Å². The van der Waals surface area contributed by atoms with E-state index >= 15 is 0 Å². The number of carbonyl (C=O) groups excluding carboxylic acids is 1. The summed E-state index contributed by atoms with van der Waals surface area (Å²) in [5.41, 5.74) is 4.18. The van der Waals surface area contributed by atoms with Gasteiger partial charge in [0.15, 0.2) is 0 Å². The minimum atomic E-state index is 0.0338. The normalized spacial score (nSPS) is 25.1. The van der Waals surface area contributed by atoms with Crippen molar-refractivity contribution in [3.05, 3.63) is 47.7 Å². The average Bonchev–Trinajstić information content (AvgIpc) is 3.28. The molecule has 1 saturated heterocycles. The molecule has 1 unspecified atom stereocenters. The standard InChI is InChI=1S/C26H33N3O3/c1-17(2)32-22-8-5-18(6-9-22)26(30)29-15-20-4-3-12-27-25(20)28-23-10-7-19(14-24(23)29)21-11-13-31-16-21/h3-4,7,10,12,14,17-18,21-22H,5-6,8-9,11,13,15-16H2,1-2H3,(H,27,28). The van der Waals surface area contributed by atoms with E-state index in [1.165, 1.54) is 5.56 Å². The Kier molecular flexibility index (Phi) is 6.15. The molecular formula is C26H33N3O3. The van der Waals surface area contributed by atoms with E-state index in [1.54, 1.807) is 6.20 Å². The maximum atomic E-state index is 13.9. The summed E-state index contributed by atoms with van der Waals surface area (Å²) in [6.45, 7) is 6.25.